The van der Waals surface area contributed by atoms with Crippen molar-refractivity contribution in [1.82, 2.24) is 9.97 Å². The van der Waals surface area contributed by atoms with Gasteiger partial charge in [-0.2, -0.15) is 4.98 Å². The van der Waals surface area contributed by atoms with Crippen molar-refractivity contribution in [3.63, 3.8) is 0 Å². The molecular weight excluding hydrogens is 335 g/mol. The van der Waals surface area contributed by atoms with Crippen LogP contribution >= 0.6 is 27.5 Å². The van der Waals surface area contributed by atoms with E-state index in [1.807, 2.05) is 13.8 Å². The molecule has 1 aromatic heterocycles. The summed E-state index contributed by atoms with van der Waals surface area (Å²) in [6, 6.07) is 5.67. The Morgan fingerprint density at radius 2 is 2.00 bits per heavy atom. The summed E-state index contributed by atoms with van der Waals surface area (Å²) in [7, 11) is 0. The monoisotopic (exact) mass is 344 g/mol. The molecule has 0 radical (unpaired) electrons. The minimum atomic E-state index is -0.345. The fraction of sp³-hybridized carbons (Fsp3) is 0.231. The number of hydrogen-bond acceptors (Lipinski definition) is 3. The summed E-state index contributed by atoms with van der Waals surface area (Å²) in [5.74, 6) is 1.18. The summed E-state index contributed by atoms with van der Waals surface area (Å²) in [4.78, 5) is 8.37. The molecule has 0 atom stereocenters. The van der Waals surface area contributed by atoms with E-state index in [2.05, 4.69) is 25.9 Å². The van der Waals surface area contributed by atoms with Crippen LogP contribution in [0.5, 0.6) is 11.6 Å². The van der Waals surface area contributed by atoms with Crippen LogP contribution in [0.1, 0.15) is 25.6 Å². The molecule has 0 aliphatic carbocycles. The molecule has 2 aromatic rings. The van der Waals surface area contributed by atoms with Crippen molar-refractivity contribution in [2.45, 2.75) is 19.8 Å². The highest BCUT2D eigenvalue weighted by molar-refractivity contribution is 9.10. The van der Waals surface area contributed by atoms with Crippen molar-refractivity contribution in [3.8, 4) is 11.6 Å². The minimum Gasteiger partial charge on any atom is -0.438 e. The highest BCUT2D eigenvalue weighted by atomic mass is 79.9. The molecule has 100 valence electrons. The standard InChI is InChI=1S/C13H11BrClFN2O/c1-7(2)13-17-11(15)6-12(18-13)19-10-4-3-8(16)5-9(10)14/h3-7H,1-2H3. The number of benzene rings is 1. The summed E-state index contributed by atoms with van der Waals surface area (Å²) in [6.07, 6.45) is 0. The molecule has 0 saturated carbocycles. The van der Waals surface area contributed by atoms with E-state index in [0.29, 0.717) is 27.1 Å². The van der Waals surface area contributed by atoms with Crippen LogP contribution in [0, 0.1) is 5.82 Å². The van der Waals surface area contributed by atoms with Crippen molar-refractivity contribution in [2.24, 2.45) is 0 Å². The molecule has 0 amide bonds. The van der Waals surface area contributed by atoms with Gasteiger partial charge in [0.05, 0.1) is 4.47 Å². The molecule has 0 bridgehead atoms. The maximum absolute atomic E-state index is 13.0. The third-order valence-electron chi connectivity index (χ3n) is 2.31. The van der Waals surface area contributed by atoms with Gasteiger partial charge in [0.1, 0.15) is 22.5 Å². The molecule has 0 N–H and O–H groups in total. The van der Waals surface area contributed by atoms with E-state index in [-0.39, 0.29) is 11.7 Å². The minimum absolute atomic E-state index is 0.137. The van der Waals surface area contributed by atoms with E-state index in [1.54, 1.807) is 0 Å². The van der Waals surface area contributed by atoms with E-state index in [0.717, 1.165) is 0 Å². The van der Waals surface area contributed by atoms with Crippen LogP contribution in [0.3, 0.4) is 0 Å². The van der Waals surface area contributed by atoms with Gasteiger partial charge in [0, 0.05) is 12.0 Å². The third-order valence-corrected chi connectivity index (χ3v) is 3.13. The van der Waals surface area contributed by atoms with Crippen LogP contribution in [0.2, 0.25) is 5.15 Å². The largest absolute Gasteiger partial charge is 0.438 e. The number of aromatic nitrogens is 2. The molecule has 1 heterocycles. The van der Waals surface area contributed by atoms with Gasteiger partial charge in [-0.25, -0.2) is 9.37 Å². The highest BCUT2D eigenvalue weighted by Gasteiger charge is 2.10. The van der Waals surface area contributed by atoms with Crippen LogP contribution in [0.15, 0.2) is 28.7 Å². The molecule has 19 heavy (non-hydrogen) atoms. The first-order valence-corrected chi connectivity index (χ1v) is 6.80. The van der Waals surface area contributed by atoms with Crippen LogP contribution < -0.4 is 4.74 Å². The normalized spacial score (nSPS) is 10.8. The number of ether oxygens (including phenoxy) is 1. The first-order valence-electron chi connectivity index (χ1n) is 5.63. The average molecular weight is 346 g/mol. The molecule has 0 saturated heterocycles. The Bertz CT molecular complexity index is 607. The Morgan fingerprint density at radius 3 is 2.63 bits per heavy atom. The van der Waals surface area contributed by atoms with Crippen LogP contribution in [0.4, 0.5) is 4.39 Å². The lowest BCUT2D eigenvalue weighted by Gasteiger charge is -2.10. The zero-order chi connectivity index (χ0) is 14.0. The molecule has 0 spiro atoms. The van der Waals surface area contributed by atoms with Gasteiger partial charge < -0.3 is 4.74 Å². The van der Waals surface area contributed by atoms with E-state index in [9.17, 15) is 4.39 Å². The number of rotatable bonds is 3. The molecule has 0 aliphatic heterocycles. The van der Waals surface area contributed by atoms with Gasteiger partial charge in [0.25, 0.3) is 0 Å². The Balaban J connectivity index is 2.32. The first kappa shape index (κ1) is 14.2. The lowest BCUT2D eigenvalue weighted by molar-refractivity contribution is 0.452. The van der Waals surface area contributed by atoms with Crippen molar-refractivity contribution in [1.29, 1.82) is 0 Å². The number of nitrogens with zero attached hydrogens (tertiary/aromatic N) is 2. The molecule has 0 aliphatic rings. The van der Waals surface area contributed by atoms with Gasteiger partial charge in [-0.05, 0) is 34.1 Å². The Morgan fingerprint density at radius 1 is 1.26 bits per heavy atom. The molecule has 0 fully saturated rings. The summed E-state index contributed by atoms with van der Waals surface area (Å²) < 4.78 is 19.1. The third kappa shape index (κ3) is 3.64. The maximum atomic E-state index is 13.0. The Labute approximate surface area is 123 Å². The van der Waals surface area contributed by atoms with Crippen molar-refractivity contribution >= 4 is 27.5 Å². The molecular formula is C13H11BrClFN2O. The predicted octanol–water partition coefficient (Wildman–Crippen LogP) is 4.95. The first-order chi connectivity index (χ1) is 8.95. The van der Waals surface area contributed by atoms with Crippen molar-refractivity contribution in [2.75, 3.05) is 0 Å². The number of hydrogen-bond donors (Lipinski definition) is 0. The SMILES string of the molecule is CC(C)c1nc(Cl)cc(Oc2ccc(F)cc2Br)n1. The molecule has 1 aromatic carbocycles. The van der Waals surface area contributed by atoms with E-state index in [4.69, 9.17) is 16.3 Å². The fourth-order valence-corrected chi connectivity index (χ4v) is 2.01. The van der Waals surface area contributed by atoms with Crippen LogP contribution in [0.25, 0.3) is 0 Å². The predicted molar refractivity (Wildman–Crippen MR) is 75.3 cm³/mol. The molecule has 0 unspecified atom stereocenters. The molecule has 3 nitrogen and oxygen atoms in total. The average Bonchev–Trinajstić information content (AvgIpc) is 2.32. The Kier molecular flexibility index (Phi) is 4.37. The summed E-state index contributed by atoms with van der Waals surface area (Å²) in [5.41, 5.74) is 0. The second-order valence-electron chi connectivity index (χ2n) is 4.22. The summed E-state index contributed by atoms with van der Waals surface area (Å²) in [6.45, 7) is 3.92. The lowest BCUT2D eigenvalue weighted by atomic mass is 10.2. The van der Waals surface area contributed by atoms with E-state index >= 15 is 0 Å². The van der Waals surface area contributed by atoms with Crippen LogP contribution in [-0.2, 0) is 0 Å². The zero-order valence-electron chi connectivity index (χ0n) is 10.3. The second-order valence-corrected chi connectivity index (χ2v) is 5.46. The van der Waals surface area contributed by atoms with Gasteiger partial charge in [-0.1, -0.05) is 25.4 Å². The zero-order valence-corrected chi connectivity index (χ0v) is 12.7. The topological polar surface area (TPSA) is 35.0 Å². The van der Waals surface area contributed by atoms with Gasteiger partial charge >= 0.3 is 0 Å². The molecule has 6 heteroatoms. The van der Waals surface area contributed by atoms with Gasteiger partial charge in [0.15, 0.2) is 0 Å². The Hall–Kier alpha value is -1.20. The quantitative estimate of drug-likeness (QED) is 0.738. The van der Waals surface area contributed by atoms with E-state index < -0.39 is 0 Å². The van der Waals surface area contributed by atoms with Crippen LogP contribution in [-0.4, -0.2) is 9.97 Å². The fourth-order valence-electron chi connectivity index (χ4n) is 1.39. The number of halogens is 3. The maximum Gasteiger partial charge on any atom is 0.224 e. The van der Waals surface area contributed by atoms with Crippen molar-refractivity contribution < 1.29 is 9.13 Å². The summed E-state index contributed by atoms with van der Waals surface area (Å²) in [5, 5.41) is 0.312. The van der Waals surface area contributed by atoms with Gasteiger partial charge in [-0.15, -0.1) is 0 Å². The smallest absolute Gasteiger partial charge is 0.224 e. The lowest BCUT2D eigenvalue weighted by Crippen LogP contribution is -2.00. The highest BCUT2D eigenvalue weighted by Crippen LogP contribution is 2.30. The summed E-state index contributed by atoms with van der Waals surface area (Å²) >= 11 is 9.15. The van der Waals surface area contributed by atoms with Crippen molar-refractivity contribution in [3.05, 3.63) is 45.5 Å². The molecule has 2 rings (SSSR count). The van der Waals surface area contributed by atoms with Gasteiger partial charge in [0.2, 0.25) is 5.88 Å². The van der Waals surface area contributed by atoms with E-state index in [1.165, 1.54) is 24.3 Å². The van der Waals surface area contributed by atoms with Gasteiger partial charge in [-0.3, -0.25) is 0 Å². The second kappa shape index (κ2) is 5.84.